The highest BCUT2D eigenvalue weighted by Crippen LogP contribution is 2.62. The quantitative estimate of drug-likeness (QED) is 0.909. The van der Waals surface area contributed by atoms with Crippen LogP contribution in [0.1, 0.15) is 56.9 Å². The Morgan fingerprint density at radius 1 is 1.32 bits per heavy atom. The fraction of sp³-hybridized carbons (Fsp3) is 0.737. The Balaban J connectivity index is 1.56. The standard InChI is InChI=1S/C19H27N3O3/c1-12-4-16(21-25-12)10-22(3)17(24)18-6-14-5-15(7-18)9-19(8-14,11-18)20-13(2)23/h4,14-15H,5-11H2,1-3H3,(H,20,23)/t14-,15+,18?,19?. The Morgan fingerprint density at radius 2 is 2.00 bits per heavy atom. The first-order chi connectivity index (χ1) is 11.8. The molecular formula is C19H27N3O3. The van der Waals surface area contributed by atoms with Crippen molar-refractivity contribution in [1.82, 2.24) is 15.4 Å². The van der Waals surface area contributed by atoms with Gasteiger partial charge < -0.3 is 14.7 Å². The minimum atomic E-state index is -0.319. The molecule has 4 atom stereocenters. The van der Waals surface area contributed by atoms with Gasteiger partial charge in [0, 0.05) is 25.6 Å². The molecule has 0 aromatic carbocycles. The van der Waals surface area contributed by atoms with Crippen molar-refractivity contribution in [2.24, 2.45) is 17.3 Å². The minimum Gasteiger partial charge on any atom is -0.361 e. The Labute approximate surface area is 148 Å². The van der Waals surface area contributed by atoms with E-state index < -0.39 is 0 Å². The van der Waals surface area contributed by atoms with E-state index in [1.165, 1.54) is 6.42 Å². The van der Waals surface area contributed by atoms with Gasteiger partial charge in [-0.3, -0.25) is 9.59 Å². The SMILES string of the molecule is CC(=O)NC12C[C@H]3C[C@@H](C1)CC(C(=O)N(C)Cc1cc(C)on1)(C3)C2. The van der Waals surface area contributed by atoms with Crippen LogP contribution in [0.5, 0.6) is 0 Å². The fourth-order valence-corrected chi connectivity index (χ4v) is 6.24. The molecule has 1 heterocycles. The molecule has 1 aromatic heterocycles. The Morgan fingerprint density at radius 3 is 2.56 bits per heavy atom. The molecular weight excluding hydrogens is 318 g/mol. The number of carbonyl (C=O) groups excluding carboxylic acids is 2. The number of nitrogens with zero attached hydrogens (tertiary/aromatic N) is 2. The van der Waals surface area contributed by atoms with Crippen molar-refractivity contribution in [2.75, 3.05) is 7.05 Å². The van der Waals surface area contributed by atoms with E-state index in [2.05, 4.69) is 10.5 Å². The summed E-state index contributed by atoms with van der Waals surface area (Å²) in [4.78, 5) is 26.9. The smallest absolute Gasteiger partial charge is 0.228 e. The highest BCUT2D eigenvalue weighted by Gasteiger charge is 2.61. The average Bonchev–Trinajstić information content (AvgIpc) is 2.88. The van der Waals surface area contributed by atoms with Crippen molar-refractivity contribution in [3.05, 3.63) is 17.5 Å². The van der Waals surface area contributed by atoms with Crippen LogP contribution in [0.2, 0.25) is 0 Å². The van der Waals surface area contributed by atoms with Crippen molar-refractivity contribution in [1.29, 1.82) is 0 Å². The van der Waals surface area contributed by atoms with Crippen molar-refractivity contribution < 1.29 is 14.1 Å². The van der Waals surface area contributed by atoms with Crippen LogP contribution in [-0.4, -0.2) is 34.5 Å². The zero-order valence-electron chi connectivity index (χ0n) is 15.3. The van der Waals surface area contributed by atoms with E-state index in [9.17, 15) is 9.59 Å². The number of nitrogens with one attached hydrogen (secondary N) is 1. The van der Waals surface area contributed by atoms with Crippen LogP contribution in [0.4, 0.5) is 0 Å². The molecule has 4 bridgehead atoms. The van der Waals surface area contributed by atoms with E-state index >= 15 is 0 Å². The number of hydrogen-bond donors (Lipinski definition) is 1. The highest BCUT2D eigenvalue weighted by molar-refractivity contribution is 5.83. The van der Waals surface area contributed by atoms with Gasteiger partial charge in [-0.05, 0) is 57.3 Å². The Hall–Kier alpha value is -1.85. The first kappa shape index (κ1) is 16.6. The van der Waals surface area contributed by atoms with Gasteiger partial charge in [0.1, 0.15) is 11.5 Å². The van der Waals surface area contributed by atoms with Crippen LogP contribution in [0, 0.1) is 24.2 Å². The molecule has 4 aliphatic carbocycles. The molecule has 0 radical (unpaired) electrons. The van der Waals surface area contributed by atoms with E-state index in [0.717, 1.165) is 43.6 Å². The normalized spacial score (nSPS) is 35.6. The Bertz CT molecular complexity index is 697. The average molecular weight is 345 g/mol. The van der Waals surface area contributed by atoms with Gasteiger partial charge in [-0.25, -0.2) is 0 Å². The molecule has 2 amide bonds. The molecule has 25 heavy (non-hydrogen) atoms. The maximum atomic E-state index is 13.4. The van der Waals surface area contributed by atoms with Crippen LogP contribution in [-0.2, 0) is 16.1 Å². The van der Waals surface area contributed by atoms with Crippen molar-refractivity contribution >= 4 is 11.8 Å². The maximum absolute atomic E-state index is 13.4. The summed E-state index contributed by atoms with van der Waals surface area (Å²) in [5, 5.41) is 7.23. The molecule has 0 aliphatic heterocycles. The highest BCUT2D eigenvalue weighted by atomic mass is 16.5. The van der Waals surface area contributed by atoms with E-state index in [1.807, 2.05) is 20.0 Å². The van der Waals surface area contributed by atoms with E-state index in [4.69, 9.17) is 4.52 Å². The van der Waals surface area contributed by atoms with Crippen LogP contribution in [0.25, 0.3) is 0 Å². The summed E-state index contributed by atoms with van der Waals surface area (Å²) in [6.07, 6.45) is 5.99. The third-order valence-corrected chi connectivity index (χ3v) is 6.38. The monoisotopic (exact) mass is 345 g/mol. The molecule has 4 aliphatic rings. The number of carbonyl (C=O) groups is 2. The fourth-order valence-electron chi connectivity index (χ4n) is 6.24. The Kier molecular flexibility index (Phi) is 3.71. The number of aryl methyl sites for hydroxylation is 1. The van der Waals surface area contributed by atoms with Gasteiger partial charge in [0.25, 0.3) is 0 Å². The summed E-state index contributed by atoms with van der Waals surface area (Å²) in [6, 6.07) is 1.88. The minimum absolute atomic E-state index is 0.0241. The number of rotatable bonds is 4. The van der Waals surface area contributed by atoms with Gasteiger partial charge >= 0.3 is 0 Å². The molecule has 0 saturated heterocycles. The molecule has 1 N–H and O–H groups in total. The van der Waals surface area contributed by atoms with E-state index in [1.54, 1.807) is 11.8 Å². The topological polar surface area (TPSA) is 75.4 Å². The van der Waals surface area contributed by atoms with Crippen LogP contribution in [0.3, 0.4) is 0 Å². The molecule has 6 heteroatoms. The zero-order chi connectivity index (χ0) is 17.8. The zero-order valence-corrected chi connectivity index (χ0v) is 15.3. The first-order valence-corrected chi connectivity index (χ1v) is 9.26. The van der Waals surface area contributed by atoms with Gasteiger partial charge in [0.15, 0.2) is 0 Å². The van der Waals surface area contributed by atoms with Gasteiger partial charge in [0.05, 0.1) is 12.0 Å². The third kappa shape index (κ3) is 2.85. The van der Waals surface area contributed by atoms with Gasteiger partial charge in [0.2, 0.25) is 11.8 Å². The van der Waals surface area contributed by atoms with E-state index in [0.29, 0.717) is 18.4 Å². The lowest BCUT2D eigenvalue weighted by Crippen LogP contribution is -2.65. The summed E-state index contributed by atoms with van der Waals surface area (Å²) >= 11 is 0. The van der Waals surface area contributed by atoms with Crippen LogP contribution in [0.15, 0.2) is 10.6 Å². The number of aromatic nitrogens is 1. The van der Waals surface area contributed by atoms with Crippen LogP contribution >= 0.6 is 0 Å². The molecule has 136 valence electrons. The second-order valence-corrected chi connectivity index (χ2v) is 8.79. The lowest BCUT2D eigenvalue weighted by molar-refractivity contribution is -0.162. The molecule has 6 nitrogen and oxygen atoms in total. The summed E-state index contributed by atoms with van der Waals surface area (Å²) in [6.45, 7) is 3.92. The lowest BCUT2D eigenvalue weighted by atomic mass is 9.46. The predicted octanol–water partition coefficient (Wildman–Crippen LogP) is 2.42. The molecule has 4 fully saturated rings. The van der Waals surface area contributed by atoms with Gasteiger partial charge in [-0.15, -0.1) is 0 Å². The molecule has 4 saturated carbocycles. The number of amides is 2. The lowest BCUT2D eigenvalue weighted by Gasteiger charge is -2.61. The van der Waals surface area contributed by atoms with Crippen LogP contribution < -0.4 is 5.32 Å². The number of hydrogen-bond acceptors (Lipinski definition) is 4. The van der Waals surface area contributed by atoms with Gasteiger partial charge in [-0.1, -0.05) is 5.16 Å². The maximum Gasteiger partial charge on any atom is 0.228 e. The first-order valence-electron chi connectivity index (χ1n) is 9.26. The third-order valence-electron chi connectivity index (χ3n) is 6.38. The summed E-state index contributed by atoms with van der Waals surface area (Å²) in [5.74, 6) is 2.10. The van der Waals surface area contributed by atoms with Crippen molar-refractivity contribution in [3.8, 4) is 0 Å². The van der Waals surface area contributed by atoms with Gasteiger partial charge in [-0.2, -0.15) is 0 Å². The molecule has 0 spiro atoms. The molecule has 5 rings (SSSR count). The largest absolute Gasteiger partial charge is 0.361 e. The predicted molar refractivity (Wildman–Crippen MR) is 91.4 cm³/mol. The van der Waals surface area contributed by atoms with Crippen molar-refractivity contribution in [2.45, 2.75) is 64.5 Å². The van der Waals surface area contributed by atoms with Crippen molar-refractivity contribution in [3.63, 3.8) is 0 Å². The second-order valence-electron chi connectivity index (χ2n) is 8.79. The summed E-state index contributed by atoms with van der Waals surface area (Å²) in [7, 11) is 1.86. The molecule has 2 unspecified atom stereocenters. The summed E-state index contributed by atoms with van der Waals surface area (Å²) in [5.41, 5.74) is 0.298. The second kappa shape index (κ2) is 5.58. The summed E-state index contributed by atoms with van der Waals surface area (Å²) < 4.78 is 5.12. The molecule has 1 aromatic rings. The van der Waals surface area contributed by atoms with E-state index in [-0.39, 0.29) is 22.8 Å².